The van der Waals surface area contributed by atoms with Gasteiger partial charge >= 0.3 is 0 Å². The Hall–Kier alpha value is -0.670. The average Bonchev–Trinajstić information content (AvgIpc) is 2.47. The molecular formula is C19H24ClNOS. The molecule has 4 bridgehead atoms. The highest BCUT2D eigenvalue weighted by molar-refractivity contribution is 8.00. The Morgan fingerprint density at radius 3 is 2.30 bits per heavy atom. The third-order valence-electron chi connectivity index (χ3n) is 5.94. The maximum atomic E-state index is 12.8. The van der Waals surface area contributed by atoms with Gasteiger partial charge in [0.15, 0.2) is 0 Å². The van der Waals surface area contributed by atoms with Gasteiger partial charge in [0.2, 0.25) is 5.91 Å². The van der Waals surface area contributed by atoms with Crippen molar-refractivity contribution in [2.75, 3.05) is 0 Å². The Labute approximate surface area is 147 Å². The number of thioether (sulfide) groups is 1. The normalized spacial score (nSPS) is 36.0. The number of carbonyl (C=O) groups excluding carboxylic acids is 1. The zero-order chi connectivity index (χ0) is 16.0. The number of rotatable bonds is 4. The Bertz CT molecular complexity index is 582. The van der Waals surface area contributed by atoms with E-state index in [-0.39, 0.29) is 16.7 Å². The van der Waals surface area contributed by atoms with E-state index in [1.54, 1.807) is 11.8 Å². The Kier molecular flexibility index (Phi) is 4.13. The van der Waals surface area contributed by atoms with Gasteiger partial charge in [0.1, 0.15) is 0 Å². The summed E-state index contributed by atoms with van der Waals surface area (Å²) < 4.78 is 0. The fraction of sp³-hybridized carbons (Fsp3) is 0.632. The van der Waals surface area contributed by atoms with E-state index >= 15 is 0 Å². The molecule has 1 aromatic rings. The molecular weight excluding hydrogens is 326 g/mol. The van der Waals surface area contributed by atoms with Gasteiger partial charge in [-0.25, -0.2) is 0 Å². The minimum absolute atomic E-state index is 0.0983. The summed E-state index contributed by atoms with van der Waals surface area (Å²) in [6.07, 6.45) is 7.81. The summed E-state index contributed by atoms with van der Waals surface area (Å²) in [5.74, 6) is 2.74. The van der Waals surface area contributed by atoms with Crippen molar-refractivity contribution in [2.45, 2.75) is 61.1 Å². The monoisotopic (exact) mass is 349 g/mol. The summed E-state index contributed by atoms with van der Waals surface area (Å²) in [7, 11) is 0. The van der Waals surface area contributed by atoms with Gasteiger partial charge in [0.25, 0.3) is 0 Å². The summed E-state index contributed by atoms with van der Waals surface area (Å²) >= 11 is 7.78. The van der Waals surface area contributed by atoms with Gasteiger partial charge in [0.05, 0.1) is 10.3 Å². The van der Waals surface area contributed by atoms with E-state index in [2.05, 4.69) is 5.32 Å². The predicted octanol–water partition coefficient (Wildman–Crippen LogP) is 4.91. The van der Waals surface area contributed by atoms with E-state index in [9.17, 15) is 4.79 Å². The number of carbonyl (C=O) groups is 1. The van der Waals surface area contributed by atoms with Crippen LogP contribution in [0, 0.1) is 17.8 Å². The molecule has 0 heterocycles. The fourth-order valence-electron chi connectivity index (χ4n) is 5.41. The fourth-order valence-corrected chi connectivity index (χ4v) is 6.56. The first-order valence-corrected chi connectivity index (χ1v) is 10.0. The van der Waals surface area contributed by atoms with Crippen LogP contribution in [-0.4, -0.2) is 16.7 Å². The standard InChI is InChI=1S/C19H24ClNOS/c1-12(23-17-5-3-2-4-16(17)20)18(22)21-19-9-13-6-14(10-19)8-15(7-13)11-19/h2-5,12-15H,6-11H2,1H3,(H,21,22)/t12-,13?,14?,15?,19?/m0/s1. The lowest BCUT2D eigenvalue weighted by Gasteiger charge is -2.57. The molecule has 0 saturated heterocycles. The van der Waals surface area contributed by atoms with Crippen LogP contribution in [0.2, 0.25) is 5.02 Å². The van der Waals surface area contributed by atoms with Crippen LogP contribution in [0.4, 0.5) is 0 Å². The van der Waals surface area contributed by atoms with Crippen molar-refractivity contribution < 1.29 is 4.79 Å². The lowest BCUT2D eigenvalue weighted by atomic mass is 9.53. The summed E-state index contributed by atoms with van der Waals surface area (Å²) in [6.45, 7) is 1.99. The van der Waals surface area contributed by atoms with Crippen molar-refractivity contribution in [3.8, 4) is 0 Å². The molecule has 0 radical (unpaired) electrons. The molecule has 1 aromatic carbocycles. The second kappa shape index (κ2) is 6.00. The Morgan fingerprint density at radius 2 is 1.74 bits per heavy atom. The molecule has 0 aliphatic heterocycles. The summed E-state index contributed by atoms with van der Waals surface area (Å²) in [5.41, 5.74) is 0.0983. The molecule has 4 aliphatic rings. The highest BCUT2D eigenvalue weighted by atomic mass is 35.5. The van der Waals surface area contributed by atoms with Crippen molar-refractivity contribution in [2.24, 2.45) is 17.8 Å². The van der Waals surface area contributed by atoms with Crippen molar-refractivity contribution in [3.63, 3.8) is 0 Å². The van der Waals surface area contributed by atoms with Crippen molar-refractivity contribution in [3.05, 3.63) is 29.3 Å². The van der Waals surface area contributed by atoms with Gasteiger partial charge in [-0.05, 0) is 75.3 Å². The molecule has 0 aromatic heterocycles. The minimum Gasteiger partial charge on any atom is -0.350 e. The zero-order valence-corrected chi connectivity index (χ0v) is 15.1. The van der Waals surface area contributed by atoms with E-state index in [1.807, 2.05) is 31.2 Å². The van der Waals surface area contributed by atoms with E-state index in [4.69, 9.17) is 11.6 Å². The van der Waals surface area contributed by atoms with Crippen LogP contribution < -0.4 is 5.32 Å². The molecule has 5 rings (SSSR count). The number of hydrogen-bond donors (Lipinski definition) is 1. The summed E-state index contributed by atoms with van der Waals surface area (Å²) in [6, 6.07) is 7.76. The lowest BCUT2D eigenvalue weighted by Crippen LogP contribution is -2.60. The topological polar surface area (TPSA) is 29.1 Å². The molecule has 1 amide bonds. The van der Waals surface area contributed by atoms with Gasteiger partial charge < -0.3 is 5.32 Å². The molecule has 0 spiro atoms. The predicted molar refractivity (Wildman–Crippen MR) is 95.8 cm³/mol. The van der Waals surface area contributed by atoms with E-state index in [0.717, 1.165) is 27.7 Å². The first kappa shape index (κ1) is 15.8. The van der Waals surface area contributed by atoms with Gasteiger partial charge in [-0.2, -0.15) is 0 Å². The van der Waals surface area contributed by atoms with Crippen LogP contribution >= 0.6 is 23.4 Å². The average molecular weight is 350 g/mol. The van der Waals surface area contributed by atoms with E-state index in [1.165, 1.54) is 38.5 Å². The molecule has 4 heteroatoms. The zero-order valence-electron chi connectivity index (χ0n) is 13.6. The molecule has 1 N–H and O–H groups in total. The van der Waals surface area contributed by atoms with Crippen LogP contribution in [0.5, 0.6) is 0 Å². The molecule has 23 heavy (non-hydrogen) atoms. The maximum Gasteiger partial charge on any atom is 0.233 e. The summed E-state index contributed by atoms with van der Waals surface area (Å²) in [4.78, 5) is 13.8. The number of nitrogens with one attached hydrogen (secondary N) is 1. The molecule has 1 atom stereocenters. The van der Waals surface area contributed by atoms with Gasteiger partial charge in [-0.1, -0.05) is 23.7 Å². The van der Waals surface area contributed by atoms with Crippen LogP contribution in [0.25, 0.3) is 0 Å². The van der Waals surface area contributed by atoms with Crippen LogP contribution in [-0.2, 0) is 4.79 Å². The highest BCUT2D eigenvalue weighted by Crippen LogP contribution is 2.55. The smallest absolute Gasteiger partial charge is 0.233 e. The largest absolute Gasteiger partial charge is 0.350 e. The van der Waals surface area contributed by atoms with Gasteiger partial charge in [0, 0.05) is 10.4 Å². The van der Waals surface area contributed by atoms with Crippen molar-refractivity contribution >= 4 is 29.3 Å². The second-order valence-electron chi connectivity index (χ2n) is 7.88. The third-order valence-corrected chi connectivity index (χ3v) is 7.56. The van der Waals surface area contributed by atoms with E-state index < -0.39 is 0 Å². The number of amides is 1. The van der Waals surface area contributed by atoms with Crippen LogP contribution in [0.3, 0.4) is 0 Å². The maximum absolute atomic E-state index is 12.8. The number of benzene rings is 1. The Balaban J connectivity index is 1.42. The molecule has 2 nitrogen and oxygen atoms in total. The molecule has 4 aliphatic carbocycles. The van der Waals surface area contributed by atoms with E-state index in [0.29, 0.717) is 0 Å². The second-order valence-corrected chi connectivity index (χ2v) is 9.67. The van der Waals surface area contributed by atoms with Gasteiger partial charge in [-0.3, -0.25) is 4.79 Å². The molecule has 124 valence electrons. The minimum atomic E-state index is -0.108. The highest BCUT2D eigenvalue weighted by Gasteiger charge is 2.51. The van der Waals surface area contributed by atoms with Crippen LogP contribution in [0.1, 0.15) is 45.4 Å². The number of halogens is 1. The summed E-state index contributed by atoms with van der Waals surface area (Å²) in [5, 5.41) is 4.08. The Morgan fingerprint density at radius 1 is 1.17 bits per heavy atom. The van der Waals surface area contributed by atoms with Crippen molar-refractivity contribution in [1.82, 2.24) is 5.32 Å². The van der Waals surface area contributed by atoms with Gasteiger partial charge in [-0.15, -0.1) is 11.8 Å². The molecule has 0 unspecified atom stereocenters. The van der Waals surface area contributed by atoms with Crippen LogP contribution in [0.15, 0.2) is 29.2 Å². The molecule has 4 fully saturated rings. The molecule has 4 saturated carbocycles. The first-order chi connectivity index (χ1) is 11.0. The third kappa shape index (κ3) is 3.15. The number of hydrogen-bond acceptors (Lipinski definition) is 2. The first-order valence-electron chi connectivity index (χ1n) is 8.76. The van der Waals surface area contributed by atoms with Crippen molar-refractivity contribution in [1.29, 1.82) is 0 Å². The SMILES string of the molecule is C[C@H](Sc1ccccc1Cl)C(=O)NC12CC3CC(CC(C3)C1)C2. The lowest BCUT2D eigenvalue weighted by molar-refractivity contribution is -0.126. The quantitative estimate of drug-likeness (QED) is 0.783.